The number of halogens is 5. The van der Waals surface area contributed by atoms with Crippen molar-refractivity contribution in [3.63, 3.8) is 0 Å². The molecule has 2 aliphatic heterocycles. The molecule has 4 aromatic carbocycles. The third-order valence-corrected chi connectivity index (χ3v) is 26.3. The van der Waals surface area contributed by atoms with E-state index in [1.54, 1.807) is 36.4 Å². The summed E-state index contributed by atoms with van der Waals surface area (Å²) < 4.78 is 78.9. The summed E-state index contributed by atoms with van der Waals surface area (Å²) in [6, 6.07) is 25.5. The Morgan fingerprint density at radius 2 is 1.07 bits per heavy atom. The number of amides is 6. The summed E-state index contributed by atoms with van der Waals surface area (Å²) in [6.45, 7) is 22.6. The Labute approximate surface area is 714 Å². The summed E-state index contributed by atoms with van der Waals surface area (Å²) in [5, 5.41) is 14.6. The third kappa shape index (κ3) is 20.8. The monoisotopic (exact) mass is 1810 g/mol. The molecule has 6 fully saturated rings. The number of thiazole rings is 1. The zero-order chi connectivity index (χ0) is 82.9. The van der Waals surface area contributed by atoms with Gasteiger partial charge in [0.15, 0.2) is 16.0 Å². The largest absolute Gasteiger partial charge is 0.494 e. The molecule has 36 heteroatoms. The molecule has 5 heterocycles. The van der Waals surface area contributed by atoms with Crippen LogP contribution >= 0.6 is 87.5 Å². The minimum atomic E-state index is -3.89. The van der Waals surface area contributed by atoms with Gasteiger partial charge in [-0.25, -0.2) is 31.8 Å². The lowest BCUT2D eigenvalue weighted by Crippen LogP contribution is -2.60. The van der Waals surface area contributed by atoms with Crippen molar-refractivity contribution in [3.05, 3.63) is 155 Å². The number of likely N-dealkylation sites (tertiary alicyclic amines) is 2. The molecule has 4 aliphatic carbocycles. The molecule has 1 unspecified atom stereocenters. The third-order valence-electron chi connectivity index (χ3n) is 20.8. The number of aromatic nitrogens is 3. The predicted octanol–water partition coefficient (Wildman–Crippen LogP) is 11.5. The lowest BCUT2D eigenvalue weighted by molar-refractivity contribution is -0.142. The topological polar surface area (TPSA) is 368 Å². The number of nitrogens with one attached hydrogen (secondary N) is 6. The highest BCUT2D eigenvalue weighted by atomic mass is 79.9. The predicted molar refractivity (Wildman–Crippen MR) is 460 cm³/mol. The highest BCUT2D eigenvalue weighted by molar-refractivity contribution is 9.10. The number of Topliss-reactive ketones (excluding diaryl/α,β-unsaturated/α-hetero) is 1. The van der Waals surface area contributed by atoms with Crippen LogP contribution in [0.25, 0.3) is 32.8 Å². The van der Waals surface area contributed by atoms with Gasteiger partial charge in [0.05, 0.1) is 60.7 Å². The lowest BCUT2D eigenvalue weighted by Gasteiger charge is -2.35. The number of fused-ring (bicyclic) bond motifs is 2. The first-order valence-corrected chi connectivity index (χ1v) is 43.0. The molecule has 8 N–H and O–H groups in total. The van der Waals surface area contributed by atoms with Crippen molar-refractivity contribution < 1.29 is 69.3 Å². The molecule has 3 aromatic heterocycles. The number of benzene rings is 4. The number of ketones is 1. The first-order chi connectivity index (χ1) is 53.8. The van der Waals surface area contributed by atoms with Crippen molar-refractivity contribution in [3.8, 4) is 34.5 Å². The van der Waals surface area contributed by atoms with Gasteiger partial charge in [0.1, 0.15) is 59.0 Å². The second-order valence-corrected chi connectivity index (χ2v) is 39.2. The van der Waals surface area contributed by atoms with Gasteiger partial charge >= 0.3 is 0 Å². The molecule has 27 nitrogen and oxygen atoms in total. The van der Waals surface area contributed by atoms with Crippen LogP contribution in [-0.2, 0) is 48.8 Å². The maximum atomic E-state index is 14.9. The average molecular weight is 1810 g/mol. The number of anilines is 1. The number of hydrogen-bond donors (Lipinski definition) is 7. The Hall–Kier alpha value is -8.47. The highest BCUT2D eigenvalue weighted by Crippen LogP contribution is 2.48. The highest BCUT2D eigenvalue weighted by Gasteiger charge is 2.64. The molecule has 4 saturated carbocycles. The maximum absolute atomic E-state index is 14.9. The van der Waals surface area contributed by atoms with E-state index in [4.69, 9.17) is 65.1 Å². The Morgan fingerprint density at radius 1 is 0.655 bits per heavy atom. The van der Waals surface area contributed by atoms with Gasteiger partial charge in [-0.2, -0.15) is 0 Å². The number of hydrogen-bond acceptors (Lipinski definition) is 21. The Bertz CT molecular complexity index is 5160. The maximum Gasteiger partial charge on any atom is 0.259 e. The molecule has 624 valence electrons. The molecule has 7 aromatic rings. The summed E-state index contributed by atoms with van der Waals surface area (Å²) in [6.07, 6.45) is 6.93. The van der Waals surface area contributed by atoms with E-state index in [0.29, 0.717) is 73.9 Å². The number of pyridine rings is 2. The van der Waals surface area contributed by atoms with Crippen LogP contribution in [0.3, 0.4) is 0 Å². The van der Waals surface area contributed by atoms with Gasteiger partial charge in [-0.3, -0.25) is 43.0 Å². The number of rotatable bonds is 26. The van der Waals surface area contributed by atoms with Gasteiger partial charge in [0, 0.05) is 72.3 Å². The molecule has 6 aliphatic rings. The minimum Gasteiger partial charge on any atom is -0.494 e. The van der Waals surface area contributed by atoms with E-state index >= 15 is 0 Å². The van der Waals surface area contributed by atoms with E-state index in [9.17, 15) is 50.4 Å². The Kier molecular flexibility index (Phi) is 29.0. The normalized spacial score (nSPS) is 22.1. The molecule has 0 bridgehead atoms. The van der Waals surface area contributed by atoms with Crippen molar-refractivity contribution in [2.24, 2.45) is 28.4 Å². The molecular weight excluding hydrogens is 1720 g/mol. The van der Waals surface area contributed by atoms with Gasteiger partial charge in [0.25, 0.3) is 11.8 Å². The average Bonchev–Trinajstić information content (AvgIpc) is 1.58. The summed E-state index contributed by atoms with van der Waals surface area (Å²) in [7, 11) is -4.71. The number of alkyl halides is 1. The SMILES string of the molecule is C=C[C@@H]1C[C@]1(NC(=O)[C@@H]1C[C@@H](Oc2ncc(OC)c3ccc(Cl)cc23)CN1C(=O)[C@@H](NC(N)=S)C(C)(C)C)C(=O)NS(=O)(=O)C1CC1.C=C[C@@H]1C[C@]1(NC(=O)[C@@H]1C[C@@H](Oc2ncc(OC)c3ccc(Cl)cc23)CN1C(=O)[C@@H](Nc1nc(-c2ccccc2)c(C)s1)C(C)(C)C)C(=O)NS(=O)(=O)C1CC1.CC(Br)C(=O)c1ccccc1.Cl.Cl. The van der Waals surface area contributed by atoms with Gasteiger partial charge in [-0.15, -0.1) is 49.3 Å². The molecular formula is C80H95BrCl4N12O15S4. The zero-order valence-electron chi connectivity index (χ0n) is 65.4. The van der Waals surface area contributed by atoms with E-state index in [2.05, 4.69) is 69.8 Å². The summed E-state index contributed by atoms with van der Waals surface area (Å²) >= 11 is 22.4. The number of nitrogens with zero attached hydrogens (tertiary/aromatic N) is 5. The number of carbonyl (C=O) groups excluding carboxylic acids is 7. The van der Waals surface area contributed by atoms with E-state index in [1.165, 1.54) is 59.9 Å². The van der Waals surface area contributed by atoms with Gasteiger partial charge < -0.3 is 55.7 Å². The van der Waals surface area contributed by atoms with Crippen molar-refractivity contribution in [1.82, 2.24) is 50.1 Å². The second kappa shape index (κ2) is 36.8. The molecule has 11 atom stereocenters. The number of ether oxygens (including phenoxy) is 4. The Morgan fingerprint density at radius 3 is 1.44 bits per heavy atom. The number of carbonyl (C=O) groups is 7. The fourth-order valence-electron chi connectivity index (χ4n) is 14.0. The zero-order valence-corrected chi connectivity index (χ0v) is 73.4. The van der Waals surface area contributed by atoms with E-state index in [1.807, 2.05) is 116 Å². The fraction of sp³-hybridized carbons (Fsp3) is 0.438. The van der Waals surface area contributed by atoms with E-state index in [0.717, 1.165) is 21.7 Å². The van der Waals surface area contributed by atoms with Crippen molar-refractivity contribution in [1.29, 1.82) is 0 Å². The van der Waals surface area contributed by atoms with Crippen molar-refractivity contribution in [2.45, 2.75) is 170 Å². The van der Waals surface area contributed by atoms with Crippen LogP contribution in [0.1, 0.15) is 115 Å². The standard InChI is InChI=1S/C40H45ClN6O7S2.C31H39ClN6O7S2.C9H9BrO.2ClH/c1-7-24-19-40(24,37(50)46-56(51,52)27-14-15-27)45-34(48)30-18-26(54-35-29-17-25(41)13-16-28(29)31(53-6)20-42-35)21-47(30)36(49)33(39(3,4)5)44-38-43-32(22(2)55-38)23-11-9-8-10-12-23;1-6-16-13-31(16,28(41)37-47(42,43)19-8-9-19)36-25(39)22-12-18(15-38(22)27(40)24(30(2,3)4)35-29(33)46)45-26-21-11-17(32)7-10-20(21)23(44-5)14-34-26;1-7(10)9(11)8-5-3-2-4-6-8;;/h7-13,16-17,20,24,26-27,30,33H,1,14-15,18-19,21H2,2-6H3,(H,43,44)(H,45,48)(H,46,50);6-7,10-11,14,16,18-19,22,24H,1,8-9,12-13,15H2,2-5H3,(H,36,39)(H,37,41)(H3,33,35,46);2-7H,1H3;2*1H/t24-,26-,30+,33-,40-;16-,18-,22+,24-,31-;;;/m11.../s1. The quantitative estimate of drug-likeness (QED) is 0.0115. The van der Waals surface area contributed by atoms with Crippen LogP contribution in [0.4, 0.5) is 5.13 Å². The van der Waals surface area contributed by atoms with Crippen LogP contribution < -0.4 is 55.4 Å². The van der Waals surface area contributed by atoms with Crippen LogP contribution in [-0.4, -0.2) is 178 Å². The van der Waals surface area contributed by atoms with E-state index in [-0.39, 0.29) is 97.0 Å². The Balaban J connectivity index is 0.000000233. The first kappa shape index (κ1) is 91.4. The minimum absolute atomic E-state index is 0. The lowest BCUT2D eigenvalue weighted by atomic mass is 9.85. The van der Waals surface area contributed by atoms with Gasteiger partial charge in [0.2, 0.25) is 55.4 Å². The first-order valence-electron chi connectivity index (χ1n) is 37.1. The smallest absolute Gasteiger partial charge is 0.259 e. The number of thiocarbonyl (C=S) groups is 1. The van der Waals surface area contributed by atoms with Crippen molar-refractivity contribution in [2.75, 3.05) is 32.6 Å². The van der Waals surface area contributed by atoms with Crippen LogP contribution in [0, 0.1) is 29.6 Å². The number of methoxy groups -OCH3 is 2. The molecule has 2 saturated heterocycles. The number of aryl methyl sites for hydroxylation is 1. The molecule has 0 radical (unpaired) electrons. The van der Waals surface area contributed by atoms with E-state index < -0.39 is 130 Å². The van der Waals surface area contributed by atoms with Crippen LogP contribution in [0.2, 0.25) is 10.0 Å². The molecule has 116 heavy (non-hydrogen) atoms. The molecule has 0 spiro atoms. The summed E-state index contributed by atoms with van der Waals surface area (Å²) in [4.78, 5) is 113. The molecule has 13 rings (SSSR count). The second-order valence-electron chi connectivity index (χ2n) is 31.4. The van der Waals surface area contributed by atoms with Crippen LogP contribution in [0.5, 0.6) is 23.3 Å². The summed E-state index contributed by atoms with van der Waals surface area (Å²) in [5.41, 5.74) is 3.91. The number of nitrogens with two attached hydrogens (primary N) is 1. The number of sulfonamides is 2. The van der Waals surface area contributed by atoms with Crippen LogP contribution in [0.15, 0.2) is 135 Å². The fourth-order valence-corrected chi connectivity index (χ4v) is 18.3. The van der Waals surface area contributed by atoms with Gasteiger partial charge in [-0.05, 0) is 112 Å². The molecule has 6 amide bonds. The van der Waals surface area contributed by atoms with Gasteiger partial charge in [-0.1, -0.05) is 153 Å². The summed E-state index contributed by atoms with van der Waals surface area (Å²) in [5.74, 6) is -3.13. The van der Waals surface area contributed by atoms with Crippen molar-refractivity contribution >= 4 is 181 Å².